The van der Waals surface area contributed by atoms with Gasteiger partial charge >= 0.3 is 12.0 Å². The molecule has 33 heavy (non-hydrogen) atoms. The number of ether oxygens (including phenoxy) is 1. The van der Waals surface area contributed by atoms with Crippen molar-refractivity contribution in [3.05, 3.63) is 50.5 Å². The molecule has 3 atom stereocenters. The van der Waals surface area contributed by atoms with E-state index in [1.54, 1.807) is 21.0 Å². The summed E-state index contributed by atoms with van der Waals surface area (Å²) in [6.45, 7) is 1.81. The Balaban J connectivity index is 1.68. The normalized spacial score (nSPS) is 20.1. The Morgan fingerprint density at radius 1 is 1.36 bits per heavy atom. The Labute approximate surface area is 194 Å². The van der Waals surface area contributed by atoms with Crippen LogP contribution in [0, 0.1) is 16.0 Å². The Kier molecular flexibility index (Phi) is 7.59. The van der Waals surface area contributed by atoms with Crippen molar-refractivity contribution < 1.29 is 29.2 Å². The van der Waals surface area contributed by atoms with E-state index in [2.05, 4.69) is 5.32 Å². The van der Waals surface area contributed by atoms with Crippen molar-refractivity contribution in [2.24, 2.45) is 5.92 Å². The molecule has 2 N–H and O–H groups in total. The van der Waals surface area contributed by atoms with Gasteiger partial charge in [0.1, 0.15) is 12.3 Å². The molecule has 0 aromatic heterocycles. The van der Waals surface area contributed by atoms with E-state index >= 15 is 0 Å². The molecule has 1 aromatic rings. The predicted molar refractivity (Wildman–Crippen MR) is 120 cm³/mol. The fourth-order valence-corrected chi connectivity index (χ4v) is 4.83. The molecule has 1 fully saturated rings. The largest absolute Gasteiger partial charge is 0.456 e. The third-order valence-electron chi connectivity index (χ3n) is 5.46. The summed E-state index contributed by atoms with van der Waals surface area (Å²) in [6.07, 6.45) is -0.407. The van der Waals surface area contributed by atoms with Gasteiger partial charge in [0.15, 0.2) is 0 Å². The number of nitrogens with one attached hydrogen (secondary N) is 1. The van der Waals surface area contributed by atoms with E-state index in [1.165, 1.54) is 45.8 Å². The molecule has 1 aromatic carbocycles. The number of hydrogen-bond acceptors (Lipinski definition) is 8. The summed E-state index contributed by atoms with van der Waals surface area (Å²) in [6, 6.07) is 5.11. The van der Waals surface area contributed by atoms with Crippen LogP contribution in [0.2, 0.25) is 0 Å². The van der Waals surface area contributed by atoms with Crippen LogP contribution in [0.3, 0.4) is 0 Å². The minimum Gasteiger partial charge on any atom is -0.456 e. The first-order chi connectivity index (χ1) is 15.6. The molecule has 178 valence electrons. The molecule has 2 aliphatic rings. The number of aliphatic hydroxyl groups is 1. The summed E-state index contributed by atoms with van der Waals surface area (Å²) in [5.74, 6) is -1.09. The van der Waals surface area contributed by atoms with Gasteiger partial charge in [-0.3, -0.25) is 14.9 Å². The number of nitrogens with zero attached hydrogens (tertiary/aromatic N) is 3. The van der Waals surface area contributed by atoms with Crippen molar-refractivity contribution in [3.8, 4) is 0 Å². The fraction of sp³-hybridized carbons (Fsp3) is 0.476. The summed E-state index contributed by atoms with van der Waals surface area (Å²) >= 11 is 1.36. The highest BCUT2D eigenvalue weighted by Crippen LogP contribution is 2.47. The van der Waals surface area contributed by atoms with Crippen molar-refractivity contribution in [2.75, 3.05) is 26.4 Å². The van der Waals surface area contributed by atoms with Gasteiger partial charge < -0.3 is 25.0 Å². The second-order valence-corrected chi connectivity index (χ2v) is 9.18. The van der Waals surface area contributed by atoms with Gasteiger partial charge in [-0.15, -0.1) is 11.8 Å². The molecule has 0 spiro atoms. The van der Waals surface area contributed by atoms with Crippen molar-refractivity contribution in [1.29, 1.82) is 0 Å². The van der Waals surface area contributed by atoms with Gasteiger partial charge in [0.25, 0.3) is 5.69 Å². The number of non-ortho nitro benzene ring substituents is 1. The quantitative estimate of drug-likeness (QED) is 0.179. The molecule has 0 radical (unpaired) electrons. The number of carbonyl (C=O) groups is 3. The van der Waals surface area contributed by atoms with E-state index in [1.807, 2.05) is 0 Å². The lowest BCUT2D eigenvalue weighted by atomic mass is 9.83. The number of esters is 1. The van der Waals surface area contributed by atoms with Gasteiger partial charge in [0, 0.05) is 49.9 Å². The van der Waals surface area contributed by atoms with Crippen LogP contribution in [0.1, 0.15) is 18.9 Å². The van der Waals surface area contributed by atoms with Gasteiger partial charge in [-0.05, 0) is 24.6 Å². The Morgan fingerprint density at radius 2 is 2.03 bits per heavy atom. The number of β-lactam (4-membered cyclic amide) rings is 1. The zero-order valence-electron chi connectivity index (χ0n) is 18.5. The number of fused-ring (bicyclic) bond motifs is 1. The van der Waals surface area contributed by atoms with Crippen molar-refractivity contribution in [2.45, 2.75) is 32.1 Å². The van der Waals surface area contributed by atoms with Gasteiger partial charge in [-0.25, -0.2) is 9.59 Å². The zero-order valence-corrected chi connectivity index (χ0v) is 19.3. The topological polar surface area (TPSA) is 142 Å². The van der Waals surface area contributed by atoms with E-state index in [0.29, 0.717) is 29.2 Å². The molecule has 3 rings (SSSR count). The fourth-order valence-electron chi connectivity index (χ4n) is 3.77. The van der Waals surface area contributed by atoms with Gasteiger partial charge in [0.05, 0.1) is 23.0 Å². The zero-order chi connectivity index (χ0) is 24.3. The maximum absolute atomic E-state index is 12.9. The molecule has 12 heteroatoms. The second kappa shape index (κ2) is 10.2. The summed E-state index contributed by atoms with van der Waals surface area (Å²) < 4.78 is 5.40. The van der Waals surface area contributed by atoms with E-state index in [9.17, 15) is 29.6 Å². The minimum atomic E-state index is -0.833. The van der Waals surface area contributed by atoms with Crippen LogP contribution in [0.25, 0.3) is 0 Å². The van der Waals surface area contributed by atoms with Gasteiger partial charge in [-0.2, -0.15) is 0 Å². The first kappa shape index (κ1) is 24.5. The van der Waals surface area contributed by atoms with Crippen molar-refractivity contribution in [3.63, 3.8) is 0 Å². The number of nitro benzene ring substituents is 1. The SMILES string of the molecule is C[C@H](O)[C@H]1C(=O)N2C(C(=O)OCc3ccc([N+](=O)[O-])cc3)=C(SCCNC(=O)N(C)C)C[C@H]12. The molecule has 0 bridgehead atoms. The van der Waals surface area contributed by atoms with Gasteiger partial charge in [-0.1, -0.05) is 0 Å². The molecule has 2 aliphatic heterocycles. The number of nitro groups is 1. The number of urea groups is 1. The van der Waals surface area contributed by atoms with Gasteiger partial charge in [0.2, 0.25) is 5.91 Å². The minimum absolute atomic E-state index is 0.0678. The van der Waals surface area contributed by atoms with Crippen LogP contribution in [0.5, 0.6) is 0 Å². The summed E-state index contributed by atoms with van der Waals surface area (Å²) in [5.41, 5.74) is 0.663. The lowest BCUT2D eigenvalue weighted by Crippen LogP contribution is -2.61. The van der Waals surface area contributed by atoms with Crippen LogP contribution in [-0.4, -0.2) is 76.3 Å². The van der Waals surface area contributed by atoms with Crippen molar-refractivity contribution >= 4 is 35.4 Å². The van der Waals surface area contributed by atoms with Crippen LogP contribution in [-0.2, 0) is 20.9 Å². The molecule has 0 aliphatic carbocycles. The van der Waals surface area contributed by atoms with Crippen molar-refractivity contribution in [1.82, 2.24) is 15.1 Å². The maximum atomic E-state index is 12.9. The smallest absolute Gasteiger partial charge is 0.356 e. The Bertz CT molecular complexity index is 977. The predicted octanol–water partition coefficient (Wildman–Crippen LogP) is 1.47. The second-order valence-electron chi connectivity index (χ2n) is 7.99. The standard InChI is InChI=1S/C21H26N4O7S/c1-12(26)17-15-10-16(33-9-8-22-21(29)23(2)3)18(24(15)19(17)27)20(28)32-11-13-4-6-14(7-5-13)25(30)31/h4-7,12,15,17,26H,8-11H2,1-3H3,(H,22,29)/t12-,15+,17+/m0/s1. The molecular weight excluding hydrogens is 452 g/mol. The van der Waals surface area contributed by atoms with E-state index < -0.39 is 22.9 Å². The molecule has 1 saturated heterocycles. The molecule has 0 saturated carbocycles. The highest BCUT2D eigenvalue weighted by atomic mass is 32.2. The average Bonchev–Trinajstić information content (AvgIpc) is 3.08. The van der Waals surface area contributed by atoms with Crippen LogP contribution in [0.15, 0.2) is 34.9 Å². The highest BCUT2D eigenvalue weighted by molar-refractivity contribution is 8.03. The lowest BCUT2D eigenvalue weighted by molar-refractivity contribution is -0.384. The first-order valence-electron chi connectivity index (χ1n) is 10.3. The summed E-state index contributed by atoms with van der Waals surface area (Å²) in [7, 11) is 3.27. The van der Waals surface area contributed by atoms with Crippen LogP contribution >= 0.6 is 11.8 Å². The number of aliphatic hydroxyl groups excluding tert-OH is 1. The first-order valence-corrected chi connectivity index (χ1v) is 11.3. The number of amides is 3. The van der Waals surface area contributed by atoms with Crippen LogP contribution in [0.4, 0.5) is 10.5 Å². The highest BCUT2D eigenvalue weighted by Gasteiger charge is 2.57. The number of rotatable bonds is 9. The number of carbonyl (C=O) groups excluding carboxylic acids is 3. The number of hydrogen-bond donors (Lipinski definition) is 2. The lowest BCUT2D eigenvalue weighted by Gasteiger charge is -2.44. The molecule has 11 nitrogen and oxygen atoms in total. The molecular formula is C21H26N4O7S. The average molecular weight is 479 g/mol. The number of benzene rings is 1. The molecule has 2 heterocycles. The van der Waals surface area contributed by atoms with E-state index in [-0.39, 0.29) is 36.0 Å². The van der Waals surface area contributed by atoms with E-state index in [0.717, 1.165) is 0 Å². The monoisotopic (exact) mass is 478 g/mol. The summed E-state index contributed by atoms with van der Waals surface area (Å²) in [5, 5.41) is 23.5. The Morgan fingerprint density at radius 3 is 2.61 bits per heavy atom. The Hall–Kier alpha value is -3.12. The van der Waals surface area contributed by atoms with E-state index in [4.69, 9.17) is 4.74 Å². The number of thioether (sulfide) groups is 1. The molecule has 3 amide bonds. The summed E-state index contributed by atoms with van der Waals surface area (Å²) in [4.78, 5) is 50.9. The molecule has 0 unspecified atom stereocenters. The van der Waals surface area contributed by atoms with Crippen LogP contribution < -0.4 is 5.32 Å². The third kappa shape index (κ3) is 5.28. The maximum Gasteiger partial charge on any atom is 0.356 e. The third-order valence-corrected chi connectivity index (χ3v) is 6.58.